The molecule has 0 bridgehead atoms. The van der Waals surface area contributed by atoms with Gasteiger partial charge in [-0.2, -0.15) is 16.4 Å². The second-order valence-electron chi connectivity index (χ2n) is 9.49. The molecular weight excluding hydrogens is 378 g/mol. The van der Waals surface area contributed by atoms with Gasteiger partial charge in [0.05, 0.1) is 19.3 Å². The van der Waals surface area contributed by atoms with Crippen LogP contribution in [0.4, 0.5) is 0 Å². The first kappa shape index (κ1) is 29.8. The Morgan fingerprint density at radius 1 is 0.867 bits per heavy atom. The van der Waals surface area contributed by atoms with Crippen molar-refractivity contribution in [2.24, 2.45) is 11.3 Å². The van der Waals surface area contributed by atoms with Gasteiger partial charge in [0.2, 0.25) is 0 Å². The molecule has 0 heterocycles. The van der Waals surface area contributed by atoms with Crippen molar-refractivity contribution in [2.75, 3.05) is 13.2 Å². The average Bonchev–Trinajstić information content (AvgIpc) is 2.72. The van der Waals surface area contributed by atoms with Crippen LogP contribution in [0.1, 0.15) is 114 Å². The molecule has 0 aromatic rings. The summed E-state index contributed by atoms with van der Waals surface area (Å²) in [6.07, 6.45) is 8.02. The number of nitrogens with one attached hydrogen (secondary N) is 3. The van der Waals surface area contributed by atoms with Crippen molar-refractivity contribution in [3.63, 3.8) is 0 Å². The van der Waals surface area contributed by atoms with E-state index in [1.165, 1.54) is 0 Å². The van der Waals surface area contributed by atoms with Crippen molar-refractivity contribution >= 4 is 0 Å². The summed E-state index contributed by atoms with van der Waals surface area (Å²) in [7, 11) is 0. The zero-order valence-corrected chi connectivity index (χ0v) is 21.5. The third kappa shape index (κ3) is 12.0. The molecule has 0 amide bonds. The molecule has 6 heteroatoms. The number of hydroxylamine groups is 3. The van der Waals surface area contributed by atoms with Crippen LogP contribution in [0.3, 0.4) is 0 Å². The van der Waals surface area contributed by atoms with Crippen LogP contribution >= 0.6 is 0 Å². The molecule has 0 saturated carbocycles. The molecular formula is C24H52N3O3. The first-order chi connectivity index (χ1) is 14.2. The maximum absolute atomic E-state index is 6.04. The van der Waals surface area contributed by atoms with Gasteiger partial charge in [-0.25, -0.2) is 0 Å². The van der Waals surface area contributed by atoms with Gasteiger partial charge in [-0.3, -0.25) is 14.5 Å². The summed E-state index contributed by atoms with van der Waals surface area (Å²) < 4.78 is 0. The Bertz CT molecular complexity index is 400. The van der Waals surface area contributed by atoms with Gasteiger partial charge in [0.1, 0.15) is 11.7 Å². The lowest BCUT2D eigenvalue weighted by Crippen LogP contribution is -2.63. The van der Waals surface area contributed by atoms with Gasteiger partial charge < -0.3 is 0 Å². The summed E-state index contributed by atoms with van der Waals surface area (Å²) in [6.45, 7) is 21.0. The lowest BCUT2D eigenvalue weighted by molar-refractivity contribution is -0.139. The summed E-state index contributed by atoms with van der Waals surface area (Å²) in [5, 5.41) is 0. The van der Waals surface area contributed by atoms with Crippen LogP contribution in [0.15, 0.2) is 0 Å². The number of hydrogen-bond donors (Lipinski definition) is 3. The molecule has 1 radical (unpaired) electrons. The van der Waals surface area contributed by atoms with Crippen LogP contribution in [-0.2, 0) is 14.5 Å². The first-order valence-electron chi connectivity index (χ1n) is 12.3. The van der Waals surface area contributed by atoms with E-state index >= 15 is 0 Å². The van der Waals surface area contributed by atoms with Gasteiger partial charge in [-0.1, -0.05) is 81.6 Å². The van der Waals surface area contributed by atoms with E-state index in [0.717, 1.165) is 57.4 Å². The molecule has 3 N–H and O–H groups in total. The molecule has 0 saturated heterocycles. The Morgan fingerprint density at radius 2 is 1.50 bits per heavy atom. The normalized spacial score (nSPS) is 15.7. The highest BCUT2D eigenvalue weighted by molar-refractivity contribution is 5.05. The van der Waals surface area contributed by atoms with Crippen LogP contribution in [-0.4, -0.2) is 25.0 Å². The smallest absolute Gasteiger partial charge is 0.137 e. The third-order valence-electron chi connectivity index (χ3n) is 5.73. The van der Waals surface area contributed by atoms with E-state index in [4.69, 9.17) is 14.5 Å². The van der Waals surface area contributed by atoms with Crippen LogP contribution in [0.2, 0.25) is 0 Å². The fourth-order valence-electron chi connectivity index (χ4n) is 3.12. The molecule has 0 aliphatic heterocycles. The van der Waals surface area contributed by atoms with E-state index in [1.54, 1.807) is 0 Å². The van der Waals surface area contributed by atoms with E-state index in [2.05, 4.69) is 78.8 Å². The van der Waals surface area contributed by atoms with Crippen molar-refractivity contribution in [3.05, 3.63) is 6.04 Å². The van der Waals surface area contributed by atoms with Crippen LogP contribution in [0.5, 0.6) is 0 Å². The molecule has 2 atom stereocenters. The summed E-state index contributed by atoms with van der Waals surface area (Å²) in [5.41, 5.74) is 9.38. The Hall–Kier alpha value is -0.240. The summed E-state index contributed by atoms with van der Waals surface area (Å²) >= 11 is 0. The van der Waals surface area contributed by atoms with Gasteiger partial charge in [-0.05, 0) is 43.4 Å². The molecule has 0 aliphatic rings. The van der Waals surface area contributed by atoms with E-state index in [0.29, 0.717) is 19.1 Å². The lowest BCUT2D eigenvalue weighted by atomic mass is 9.93. The Labute approximate surface area is 187 Å². The van der Waals surface area contributed by atoms with E-state index in [9.17, 15) is 0 Å². The monoisotopic (exact) mass is 430 g/mol. The van der Waals surface area contributed by atoms with E-state index < -0.39 is 5.66 Å². The van der Waals surface area contributed by atoms with Gasteiger partial charge in [0.15, 0.2) is 0 Å². The molecule has 0 spiro atoms. The summed E-state index contributed by atoms with van der Waals surface area (Å²) in [6, 6.07) is 0.986. The molecule has 30 heavy (non-hydrogen) atoms. The summed E-state index contributed by atoms with van der Waals surface area (Å²) in [5.74, 6) is 0.539. The highest BCUT2D eigenvalue weighted by Crippen LogP contribution is 2.24. The standard InChI is InChI=1S/C24H52N3O3/c1-10-16-21(13-4)30-25-22(14-5)24(15-6,26-28-18-17-23(7,8)9)27-29-19-20(11-2)12-3/h20-21,25-27H,10-19H2,1-9H3. The topological polar surface area (TPSA) is 63.8 Å². The lowest BCUT2D eigenvalue weighted by Gasteiger charge is -2.40. The number of rotatable bonds is 19. The predicted molar refractivity (Wildman–Crippen MR) is 126 cm³/mol. The Morgan fingerprint density at radius 3 is 1.97 bits per heavy atom. The minimum Gasteiger partial charge on any atom is -0.300 e. The van der Waals surface area contributed by atoms with Crippen LogP contribution in [0, 0.1) is 17.4 Å². The van der Waals surface area contributed by atoms with Crippen molar-refractivity contribution < 1.29 is 14.5 Å². The molecule has 0 aliphatic carbocycles. The average molecular weight is 431 g/mol. The highest BCUT2D eigenvalue weighted by Gasteiger charge is 2.39. The zero-order valence-electron chi connectivity index (χ0n) is 21.5. The maximum Gasteiger partial charge on any atom is 0.137 e. The second-order valence-corrected chi connectivity index (χ2v) is 9.49. The fraction of sp³-hybridized carbons (Fsp3) is 0.958. The van der Waals surface area contributed by atoms with Crippen molar-refractivity contribution in [2.45, 2.75) is 125 Å². The first-order valence-corrected chi connectivity index (χ1v) is 12.3. The molecule has 181 valence electrons. The molecule has 0 rings (SSSR count). The third-order valence-corrected chi connectivity index (χ3v) is 5.73. The van der Waals surface area contributed by atoms with E-state index in [-0.39, 0.29) is 11.5 Å². The van der Waals surface area contributed by atoms with Crippen molar-refractivity contribution in [1.29, 1.82) is 0 Å². The SMILES string of the molecule is CCCC(CC)ON[C](CC)C(CC)(NOCCC(C)(C)C)NOCC(CC)CC. The zero-order chi connectivity index (χ0) is 23.0. The van der Waals surface area contributed by atoms with Crippen molar-refractivity contribution in [1.82, 2.24) is 16.4 Å². The molecule has 0 aromatic heterocycles. The fourth-order valence-corrected chi connectivity index (χ4v) is 3.12. The number of hydrogen-bond acceptors (Lipinski definition) is 6. The second kappa shape index (κ2) is 16.4. The van der Waals surface area contributed by atoms with Crippen LogP contribution < -0.4 is 16.4 Å². The minimum absolute atomic E-state index is 0.193. The van der Waals surface area contributed by atoms with Gasteiger partial charge in [-0.15, -0.1) is 0 Å². The van der Waals surface area contributed by atoms with Crippen LogP contribution in [0.25, 0.3) is 0 Å². The van der Waals surface area contributed by atoms with E-state index in [1.807, 2.05) is 0 Å². The quantitative estimate of drug-likeness (QED) is 0.132. The predicted octanol–water partition coefficient (Wildman–Crippen LogP) is 6.05. The van der Waals surface area contributed by atoms with Gasteiger partial charge in [0.25, 0.3) is 0 Å². The Balaban J connectivity index is 5.19. The molecule has 6 nitrogen and oxygen atoms in total. The largest absolute Gasteiger partial charge is 0.300 e. The van der Waals surface area contributed by atoms with Gasteiger partial charge >= 0.3 is 0 Å². The van der Waals surface area contributed by atoms with Crippen molar-refractivity contribution in [3.8, 4) is 0 Å². The maximum atomic E-state index is 6.04. The molecule has 0 fully saturated rings. The summed E-state index contributed by atoms with van der Waals surface area (Å²) in [4.78, 5) is 18.0. The Kier molecular flexibility index (Phi) is 16.3. The van der Waals surface area contributed by atoms with Gasteiger partial charge in [0, 0.05) is 0 Å². The molecule has 0 aromatic carbocycles. The molecule has 2 unspecified atom stereocenters. The minimum atomic E-state index is -0.664. The highest BCUT2D eigenvalue weighted by atomic mass is 16.7.